The van der Waals surface area contributed by atoms with E-state index in [0.717, 1.165) is 11.8 Å². The number of benzene rings is 2. The van der Waals surface area contributed by atoms with E-state index in [1.54, 1.807) is 24.3 Å². The van der Waals surface area contributed by atoms with Gasteiger partial charge in [-0.1, -0.05) is 0 Å². The lowest BCUT2D eigenvalue weighted by Crippen LogP contribution is -2.35. The van der Waals surface area contributed by atoms with Gasteiger partial charge in [0, 0.05) is 19.8 Å². The fraction of sp³-hybridized carbons (Fsp3) is 0.211. The summed E-state index contributed by atoms with van der Waals surface area (Å²) >= 11 is 0. The zero-order chi connectivity index (χ0) is 21.6. The summed E-state index contributed by atoms with van der Waals surface area (Å²) in [5.74, 6) is -7.06. The summed E-state index contributed by atoms with van der Waals surface area (Å²) in [4.78, 5) is 37.1. The van der Waals surface area contributed by atoms with E-state index in [4.69, 9.17) is 4.74 Å². The molecule has 7 nitrogen and oxygen atoms in total. The average Bonchev–Trinajstić information content (AvgIpc) is 2.71. The Morgan fingerprint density at radius 3 is 2.21 bits per heavy atom. The zero-order valence-corrected chi connectivity index (χ0v) is 15.6. The normalized spacial score (nSPS) is 10.2. The SMILES string of the molecule is CN(C)c1ccc(C(=O)OCC(=O)NCC(=O)Nc2ccc(F)c(F)c2F)cc1. The van der Waals surface area contributed by atoms with Crippen molar-refractivity contribution in [2.75, 3.05) is 37.5 Å². The Kier molecular flexibility index (Phi) is 7.18. The predicted molar refractivity (Wildman–Crippen MR) is 99.0 cm³/mol. The van der Waals surface area contributed by atoms with Gasteiger partial charge in [-0.2, -0.15) is 0 Å². The van der Waals surface area contributed by atoms with Crippen LogP contribution >= 0.6 is 0 Å². The minimum absolute atomic E-state index is 0.245. The maximum atomic E-state index is 13.5. The van der Waals surface area contributed by atoms with Gasteiger partial charge in [-0.05, 0) is 36.4 Å². The molecule has 10 heteroatoms. The third-order valence-corrected chi connectivity index (χ3v) is 3.71. The number of hydrogen-bond acceptors (Lipinski definition) is 5. The second kappa shape index (κ2) is 9.58. The highest BCUT2D eigenvalue weighted by molar-refractivity contribution is 5.95. The van der Waals surface area contributed by atoms with Gasteiger partial charge in [-0.15, -0.1) is 0 Å². The highest BCUT2D eigenvalue weighted by atomic mass is 19.2. The van der Waals surface area contributed by atoms with Crippen molar-refractivity contribution in [1.29, 1.82) is 0 Å². The summed E-state index contributed by atoms with van der Waals surface area (Å²) in [6.07, 6.45) is 0. The molecule has 0 aliphatic rings. The predicted octanol–water partition coefficient (Wildman–Crippen LogP) is 2.08. The summed E-state index contributed by atoms with van der Waals surface area (Å²) in [5, 5.41) is 4.15. The molecule has 0 aromatic heterocycles. The lowest BCUT2D eigenvalue weighted by Gasteiger charge is -2.12. The first-order valence-corrected chi connectivity index (χ1v) is 8.33. The fourth-order valence-electron chi connectivity index (χ4n) is 2.16. The van der Waals surface area contributed by atoms with Crippen LogP contribution in [0.1, 0.15) is 10.4 Å². The molecule has 154 valence electrons. The average molecular weight is 409 g/mol. The van der Waals surface area contributed by atoms with Crippen LogP contribution in [0.5, 0.6) is 0 Å². The van der Waals surface area contributed by atoms with E-state index in [9.17, 15) is 27.6 Å². The van der Waals surface area contributed by atoms with Crippen molar-refractivity contribution >= 4 is 29.2 Å². The van der Waals surface area contributed by atoms with E-state index in [0.29, 0.717) is 6.07 Å². The molecular weight excluding hydrogens is 391 g/mol. The van der Waals surface area contributed by atoms with Gasteiger partial charge < -0.3 is 20.3 Å². The Hall–Kier alpha value is -3.56. The van der Waals surface area contributed by atoms with Crippen LogP contribution in [0.25, 0.3) is 0 Å². The largest absolute Gasteiger partial charge is 0.452 e. The molecule has 29 heavy (non-hydrogen) atoms. The molecule has 0 saturated carbocycles. The van der Waals surface area contributed by atoms with Crippen LogP contribution in [0.15, 0.2) is 36.4 Å². The van der Waals surface area contributed by atoms with Crippen molar-refractivity contribution in [2.24, 2.45) is 0 Å². The fourth-order valence-corrected chi connectivity index (χ4v) is 2.16. The number of carbonyl (C=O) groups is 3. The van der Waals surface area contributed by atoms with E-state index in [2.05, 4.69) is 5.32 Å². The number of ether oxygens (including phenoxy) is 1. The molecule has 0 heterocycles. The Bertz CT molecular complexity index is 918. The van der Waals surface area contributed by atoms with Crippen molar-refractivity contribution in [1.82, 2.24) is 5.32 Å². The molecule has 2 aromatic rings. The third kappa shape index (κ3) is 5.96. The van der Waals surface area contributed by atoms with Gasteiger partial charge in [-0.25, -0.2) is 18.0 Å². The number of esters is 1. The van der Waals surface area contributed by atoms with Crippen LogP contribution in [-0.2, 0) is 14.3 Å². The molecule has 0 atom stereocenters. The first kappa shape index (κ1) is 21.7. The van der Waals surface area contributed by atoms with Crippen molar-refractivity contribution in [3.63, 3.8) is 0 Å². The van der Waals surface area contributed by atoms with E-state index >= 15 is 0 Å². The first-order valence-electron chi connectivity index (χ1n) is 8.33. The maximum absolute atomic E-state index is 13.5. The molecule has 2 amide bonds. The summed E-state index contributed by atoms with van der Waals surface area (Å²) in [7, 11) is 3.68. The van der Waals surface area contributed by atoms with Crippen molar-refractivity contribution in [2.45, 2.75) is 0 Å². The van der Waals surface area contributed by atoms with Gasteiger partial charge in [0.1, 0.15) is 0 Å². The molecule has 2 N–H and O–H groups in total. The highest BCUT2D eigenvalue weighted by Crippen LogP contribution is 2.19. The number of hydrogen-bond donors (Lipinski definition) is 2. The van der Waals surface area contributed by atoms with Crippen LogP contribution < -0.4 is 15.5 Å². The van der Waals surface area contributed by atoms with Gasteiger partial charge in [-0.3, -0.25) is 9.59 Å². The molecule has 0 spiro atoms. The Labute approximate surface area is 164 Å². The number of amides is 2. The second-order valence-electron chi connectivity index (χ2n) is 6.07. The van der Waals surface area contributed by atoms with Crippen LogP contribution in [0.3, 0.4) is 0 Å². The molecular formula is C19H18F3N3O4. The van der Waals surface area contributed by atoms with Gasteiger partial charge in [0.25, 0.3) is 5.91 Å². The van der Waals surface area contributed by atoms with Crippen molar-refractivity contribution in [3.8, 4) is 0 Å². The third-order valence-electron chi connectivity index (χ3n) is 3.71. The molecule has 0 aliphatic heterocycles. The quantitative estimate of drug-likeness (QED) is 0.540. The van der Waals surface area contributed by atoms with Gasteiger partial charge in [0.2, 0.25) is 5.91 Å². The minimum atomic E-state index is -1.72. The topological polar surface area (TPSA) is 87.7 Å². The molecule has 2 aromatic carbocycles. The summed E-state index contributed by atoms with van der Waals surface area (Å²) < 4.78 is 44.3. The van der Waals surface area contributed by atoms with E-state index < -0.39 is 54.1 Å². The van der Waals surface area contributed by atoms with E-state index in [-0.39, 0.29) is 5.56 Å². The minimum Gasteiger partial charge on any atom is -0.452 e. The lowest BCUT2D eigenvalue weighted by molar-refractivity contribution is -0.126. The Balaban J connectivity index is 1.78. The first-order chi connectivity index (χ1) is 13.7. The number of rotatable bonds is 7. The van der Waals surface area contributed by atoms with Crippen molar-refractivity contribution in [3.05, 3.63) is 59.4 Å². The molecule has 0 bridgehead atoms. The maximum Gasteiger partial charge on any atom is 0.338 e. The zero-order valence-electron chi connectivity index (χ0n) is 15.6. The van der Waals surface area contributed by atoms with Crippen molar-refractivity contribution < 1.29 is 32.3 Å². The molecule has 0 aliphatic carbocycles. The molecule has 0 fully saturated rings. The summed E-state index contributed by atoms with van der Waals surface area (Å²) in [5.41, 5.74) is 0.550. The standard InChI is InChI=1S/C19H18F3N3O4/c1-25(2)12-5-3-11(4-6-12)19(28)29-10-16(27)23-9-15(26)24-14-8-7-13(20)17(21)18(14)22/h3-8H,9-10H2,1-2H3,(H,23,27)(H,24,26). The smallest absolute Gasteiger partial charge is 0.338 e. The van der Waals surface area contributed by atoms with Gasteiger partial charge in [0.15, 0.2) is 24.1 Å². The Morgan fingerprint density at radius 1 is 0.931 bits per heavy atom. The van der Waals surface area contributed by atoms with Crippen LogP contribution in [0.2, 0.25) is 0 Å². The lowest BCUT2D eigenvalue weighted by atomic mass is 10.2. The molecule has 0 radical (unpaired) electrons. The van der Waals surface area contributed by atoms with Crippen LogP contribution in [-0.4, -0.2) is 45.0 Å². The molecule has 0 saturated heterocycles. The van der Waals surface area contributed by atoms with Crippen LogP contribution in [0, 0.1) is 17.5 Å². The van der Waals surface area contributed by atoms with E-state index in [1.165, 1.54) is 0 Å². The number of halogens is 3. The summed E-state index contributed by atoms with van der Waals surface area (Å²) in [6, 6.07) is 7.99. The molecule has 2 rings (SSSR count). The number of nitrogens with one attached hydrogen (secondary N) is 2. The molecule has 0 unspecified atom stereocenters. The second-order valence-corrected chi connectivity index (χ2v) is 6.07. The highest BCUT2D eigenvalue weighted by Gasteiger charge is 2.16. The summed E-state index contributed by atoms with van der Waals surface area (Å²) in [6.45, 7) is -1.23. The number of nitrogens with zero attached hydrogens (tertiary/aromatic N) is 1. The number of anilines is 2. The van der Waals surface area contributed by atoms with E-state index in [1.807, 2.05) is 24.3 Å². The Morgan fingerprint density at radius 2 is 1.59 bits per heavy atom. The monoisotopic (exact) mass is 409 g/mol. The van der Waals surface area contributed by atoms with Gasteiger partial charge >= 0.3 is 5.97 Å². The number of carbonyl (C=O) groups excluding carboxylic acids is 3. The van der Waals surface area contributed by atoms with Gasteiger partial charge in [0.05, 0.1) is 17.8 Å². The van der Waals surface area contributed by atoms with Crippen LogP contribution in [0.4, 0.5) is 24.5 Å².